The molecule has 36 heavy (non-hydrogen) atoms. The molecule has 1 aliphatic rings. The number of nitrogens with one attached hydrogen (secondary N) is 2. The first-order chi connectivity index (χ1) is 17.5. The van der Waals surface area contributed by atoms with Crippen LogP contribution in [0.2, 0.25) is 0 Å². The SMILES string of the molecule is COc1ccc(-c2nn(-c3ccccc3)cc2C=CC(=O)OCC(=O)NC(=O)NC2CC2)cc1OC. The summed E-state index contributed by atoms with van der Waals surface area (Å²) in [6.45, 7) is -0.576. The van der Waals surface area contributed by atoms with Crippen molar-refractivity contribution >= 4 is 24.0 Å². The first kappa shape index (κ1) is 24.5. The minimum Gasteiger partial charge on any atom is -0.493 e. The summed E-state index contributed by atoms with van der Waals surface area (Å²) in [5.41, 5.74) is 2.81. The molecule has 0 aliphatic heterocycles. The van der Waals surface area contributed by atoms with Crippen molar-refractivity contribution in [1.29, 1.82) is 0 Å². The van der Waals surface area contributed by atoms with Gasteiger partial charge in [0, 0.05) is 29.4 Å². The number of carbonyl (C=O) groups excluding carboxylic acids is 3. The minimum absolute atomic E-state index is 0.111. The number of hydrogen-bond acceptors (Lipinski definition) is 7. The second-order valence-electron chi connectivity index (χ2n) is 8.02. The van der Waals surface area contributed by atoms with E-state index in [4.69, 9.17) is 19.3 Å². The van der Waals surface area contributed by atoms with Crippen LogP contribution in [0, 0.1) is 0 Å². The highest BCUT2D eigenvalue weighted by Crippen LogP contribution is 2.33. The maximum Gasteiger partial charge on any atom is 0.331 e. The van der Waals surface area contributed by atoms with E-state index < -0.39 is 24.5 Å². The van der Waals surface area contributed by atoms with Gasteiger partial charge >= 0.3 is 12.0 Å². The number of aromatic nitrogens is 2. The number of rotatable bonds is 9. The zero-order valence-corrected chi connectivity index (χ0v) is 19.9. The minimum atomic E-state index is -0.738. The third kappa shape index (κ3) is 6.29. The molecule has 2 N–H and O–H groups in total. The Balaban J connectivity index is 1.50. The summed E-state index contributed by atoms with van der Waals surface area (Å²) in [7, 11) is 3.11. The van der Waals surface area contributed by atoms with Crippen LogP contribution in [0.5, 0.6) is 11.5 Å². The molecule has 10 nitrogen and oxygen atoms in total. The van der Waals surface area contributed by atoms with E-state index >= 15 is 0 Å². The Bertz CT molecular complexity index is 1280. The zero-order valence-electron chi connectivity index (χ0n) is 19.9. The van der Waals surface area contributed by atoms with E-state index in [1.165, 1.54) is 6.08 Å². The average molecular weight is 491 g/mol. The number of imide groups is 1. The van der Waals surface area contributed by atoms with Crippen molar-refractivity contribution in [1.82, 2.24) is 20.4 Å². The van der Waals surface area contributed by atoms with Gasteiger partial charge in [-0.1, -0.05) is 18.2 Å². The lowest BCUT2D eigenvalue weighted by Crippen LogP contribution is -2.42. The molecule has 1 saturated carbocycles. The fourth-order valence-electron chi connectivity index (χ4n) is 3.38. The Labute approximate surface area is 207 Å². The van der Waals surface area contributed by atoms with E-state index in [1.807, 2.05) is 36.4 Å². The van der Waals surface area contributed by atoms with E-state index in [9.17, 15) is 14.4 Å². The molecular weight excluding hydrogens is 464 g/mol. The van der Waals surface area contributed by atoms with Gasteiger partial charge in [-0.05, 0) is 49.2 Å². The van der Waals surface area contributed by atoms with Crippen molar-refractivity contribution in [3.8, 4) is 28.4 Å². The predicted molar refractivity (Wildman–Crippen MR) is 132 cm³/mol. The van der Waals surface area contributed by atoms with Crippen LogP contribution in [-0.4, -0.2) is 54.6 Å². The molecular formula is C26H26N4O6. The van der Waals surface area contributed by atoms with Crippen molar-refractivity contribution in [2.75, 3.05) is 20.8 Å². The summed E-state index contributed by atoms with van der Waals surface area (Å²) >= 11 is 0. The number of urea groups is 1. The molecule has 0 radical (unpaired) electrons. The molecule has 1 fully saturated rings. The van der Waals surface area contributed by atoms with Crippen molar-refractivity contribution in [2.45, 2.75) is 18.9 Å². The molecule has 186 valence electrons. The molecule has 0 spiro atoms. The van der Waals surface area contributed by atoms with E-state index in [2.05, 4.69) is 10.6 Å². The second kappa shape index (κ2) is 11.2. The molecule has 1 aliphatic carbocycles. The number of carbonyl (C=O) groups is 3. The van der Waals surface area contributed by atoms with E-state index in [0.717, 1.165) is 24.1 Å². The van der Waals surface area contributed by atoms with E-state index in [1.54, 1.807) is 43.3 Å². The Morgan fingerprint density at radius 3 is 2.50 bits per heavy atom. The number of para-hydroxylation sites is 1. The van der Waals surface area contributed by atoms with Crippen molar-refractivity contribution in [3.05, 3.63) is 66.4 Å². The van der Waals surface area contributed by atoms with Gasteiger partial charge in [-0.15, -0.1) is 0 Å². The van der Waals surface area contributed by atoms with E-state index in [-0.39, 0.29) is 6.04 Å². The average Bonchev–Trinajstić information content (AvgIpc) is 3.60. The van der Waals surface area contributed by atoms with Crippen molar-refractivity contribution in [3.63, 3.8) is 0 Å². The number of ether oxygens (including phenoxy) is 3. The van der Waals surface area contributed by atoms with Gasteiger partial charge in [0.1, 0.15) is 5.69 Å². The van der Waals surface area contributed by atoms with Gasteiger partial charge in [0.2, 0.25) is 0 Å². The van der Waals surface area contributed by atoms with Gasteiger partial charge < -0.3 is 19.5 Å². The van der Waals surface area contributed by atoms with Crippen LogP contribution in [0.3, 0.4) is 0 Å². The summed E-state index contributed by atoms with van der Waals surface area (Å²) in [4.78, 5) is 35.7. The lowest BCUT2D eigenvalue weighted by atomic mass is 10.1. The summed E-state index contributed by atoms with van der Waals surface area (Å²) < 4.78 is 17.4. The third-order valence-electron chi connectivity index (χ3n) is 5.33. The lowest BCUT2D eigenvalue weighted by Gasteiger charge is -2.09. The van der Waals surface area contributed by atoms with E-state index in [0.29, 0.717) is 22.8 Å². The summed E-state index contributed by atoms with van der Waals surface area (Å²) in [5.74, 6) is -0.333. The number of benzene rings is 2. The highest BCUT2D eigenvalue weighted by Gasteiger charge is 2.24. The predicted octanol–water partition coefficient (Wildman–Crippen LogP) is 3.10. The maximum atomic E-state index is 12.2. The molecule has 3 aromatic rings. The molecule has 4 rings (SSSR count). The summed E-state index contributed by atoms with van der Waals surface area (Å²) in [6, 6.07) is 14.4. The van der Waals surface area contributed by atoms with Crippen LogP contribution in [-0.2, 0) is 14.3 Å². The molecule has 2 aromatic carbocycles. The van der Waals surface area contributed by atoms with Crippen LogP contribution in [0.1, 0.15) is 18.4 Å². The zero-order chi connectivity index (χ0) is 25.5. The van der Waals surface area contributed by atoms with Crippen LogP contribution in [0.4, 0.5) is 4.79 Å². The first-order valence-corrected chi connectivity index (χ1v) is 11.3. The quantitative estimate of drug-likeness (QED) is 0.349. The Morgan fingerprint density at radius 2 is 1.81 bits per heavy atom. The number of methoxy groups -OCH3 is 2. The first-order valence-electron chi connectivity index (χ1n) is 11.3. The highest BCUT2D eigenvalue weighted by atomic mass is 16.5. The molecule has 0 bridgehead atoms. The van der Waals surface area contributed by atoms with Crippen LogP contribution < -0.4 is 20.1 Å². The molecule has 10 heteroatoms. The van der Waals surface area contributed by atoms with Gasteiger partial charge in [-0.3, -0.25) is 10.1 Å². The fourth-order valence-corrected chi connectivity index (χ4v) is 3.38. The number of hydrogen-bond donors (Lipinski definition) is 2. The van der Waals surface area contributed by atoms with Crippen molar-refractivity contribution < 1.29 is 28.6 Å². The maximum absolute atomic E-state index is 12.2. The normalized spacial score (nSPS) is 12.7. The fraction of sp³-hybridized carbons (Fsp3) is 0.231. The number of amides is 3. The molecule has 3 amide bonds. The molecule has 1 heterocycles. The van der Waals surface area contributed by atoms with Gasteiger partial charge in [0.25, 0.3) is 5.91 Å². The van der Waals surface area contributed by atoms with Gasteiger partial charge in [-0.2, -0.15) is 5.10 Å². The molecule has 0 unspecified atom stereocenters. The van der Waals surface area contributed by atoms with Gasteiger partial charge in [-0.25, -0.2) is 14.3 Å². The van der Waals surface area contributed by atoms with Crippen LogP contribution in [0.25, 0.3) is 23.0 Å². The van der Waals surface area contributed by atoms with Gasteiger partial charge in [0.05, 0.1) is 19.9 Å². The monoisotopic (exact) mass is 490 g/mol. The van der Waals surface area contributed by atoms with Crippen LogP contribution in [0.15, 0.2) is 60.8 Å². The lowest BCUT2D eigenvalue weighted by molar-refractivity contribution is -0.143. The Morgan fingerprint density at radius 1 is 1.06 bits per heavy atom. The smallest absolute Gasteiger partial charge is 0.331 e. The largest absolute Gasteiger partial charge is 0.493 e. The Hall–Kier alpha value is -4.60. The standard InChI is InChI=1S/C26H26N4O6/c1-34-21-12-8-17(14-22(21)35-2)25-18(15-30(29-25)20-6-4-3-5-7-20)9-13-24(32)36-16-23(31)28-26(33)27-19-10-11-19/h3-9,12-15,19H,10-11,16H2,1-2H3,(H2,27,28,31,33). The third-order valence-corrected chi connectivity index (χ3v) is 5.33. The summed E-state index contributed by atoms with van der Waals surface area (Å²) in [5, 5.41) is 9.45. The Kier molecular flexibility index (Phi) is 7.64. The van der Waals surface area contributed by atoms with Gasteiger partial charge in [0.15, 0.2) is 18.1 Å². The number of esters is 1. The molecule has 0 atom stereocenters. The molecule has 1 aromatic heterocycles. The second-order valence-corrected chi connectivity index (χ2v) is 8.02. The number of nitrogens with zero attached hydrogens (tertiary/aromatic N) is 2. The van der Waals surface area contributed by atoms with Crippen molar-refractivity contribution in [2.24, 2.45) is 0 Å². The van der Waals surface area contributed by atoms with Crippen LogP contribution >= 0.6 is 0 Å². The topological polar surface area (TPSA) is 121 Å². The molecule has 0 saturated heterocycles. The highest BCUT2D eigenvalue weighted by molar-refractivity contribution is 5.96. The summed E-state index contributed by atoms with van der Waals surface area (Å²) in [6.07, 6.45) is 6.33.